The van der Waals surface area contributed by atoms with Crippen molar-refractivity contribution >= 4 is 27.9 Å². The molecule has 0 saturated heterocycles. The molecular weight excluding hydrogens is 475 g/mol. The third-order valence-electron chi connectivity index (χ3n) is 4.56. The minimum Gasteiger partial charge on any atom is -0.497 e. The maximum absolute atomic E-state index is 13.1. The maximum atomic E-state index is 13.1. The van der Waals surface area contributed by atoms with Crippen molar-refractivity contribution < 1.29 is 18.7 Å². The first-order chi connectivity index (χ1) is 15.5. The Hall–Kier alpha value is -3.63. The Labute approximate surface area is 194 Å². The third-order valence-corrected chi connectivity index (χ3v) is 5.05. The molecule has 3 aromatic rings. The zero-order valence-electron chi connectivity index (χ0n) is 17.3. The molecule has 5 nitrogen and oxygen atoms in total. The van der Waals surface area contributed by atoms with Crippen molar-refractivity contribution in [3.8, 4) is 17.6 Å². The van der Waals surface area contributed by atoms with Crippen LogP contribution in [-0.2, 0) is 17.9 Å². The van der Waals surface area contributed by atoms with E-state index in [1.165, 1.54) is 18.2 Å². The fraction of sp³-hybridized carbons (Fsp3) is 0.120. The number of hydrogen-bond acceptors (Lipinski definition) is 4. The van der Waals surface area contributed by atoms with Crippen LogP contribution >= 0.6 is 15.9 Å². The standard InChI is InChI=1S/C25H20BrFN2O3/c1-31-23-9-4-17(5-10-23)15-29-25(30)20(14-28)12-19-13-21(26)6-11-24(19)32-16-18-2-7-22(27)8-3-18/h2-13H,15-16H2,1H3,(H,29,30)/b20-12-. The van der Waals surface area contributed by atoms with E-state index < -0.39 is 5.91 Å². The van der Waals surface area contributed by atoms with Crippen LogP contribution < -0.4 is 14.8 Å². The predicted molar refractivity (Wildman–Crippen MR) is 123 cm³/mol. The molecule has 3 rings (SSSR count). The van der Waals surface area contributed by atoms with Gasteiger partial charge in [0.1, 0.15) is 35.6 Å². The first-order valence-electron chi connectivity index (χ1n) is 9.68. The van der Waals surface area contributed by atoms with E-state index in [0.717, 1.165) is 21.3 Å². The predicted octanol–water partition coefficient (Wildman–Crippen LogP) is 5.40. The van der Waals surface area contributed by atoms with Crippen LogP contribution in [0.5, 0.6) is 11.5 Å². The first-order valence-corrected chi connectivity index (χ1v) is 10.5. The number of carbonyl (C=O) groups excluding carboxylic acids is 1. The summed E-state index contributed by atoms with van der Waals surface area (Å²) in [7, 11) is 1.58. The summed E-state index contributed by atoms with van der Waals surface area (Å²) in [5.74, 6) is 0.404. The largest absolute Gasteiger partial charge is 0.497 e. The van der Waals surface area contributed by atoms with Gasteiger partial charge < -0.3 is 14.8 Å². The highest BCUT2D eigenvalue weighted by Gasteiger charge is 2.12. The number of carbonyl (C=O) groups is 1. The van der Waals surface area contributed by atoms with Gasteiger partial charge in [0, 0.05) is 16.6 Å². The molecule has 0 heterocycles. The second kappa shape index (κ2) is 11.1. The minimum atomic E-state index is -0.493. The Morgan fingerprint density at radius 1 is 1.09 bits per heavy atom. The molecule has 0 atom stereocenters. The van der Waals surface area contributed by atoms with Crippen LogP contribution in [0.25, 0.3) is 6.08 Å². The lowest BCUT2D eigenvalue weighted by Crippen LogP contribution is -2.23. The molecule has 0 fully saturated rings. The Morgan fingerprint density at radius 3 is 2.44 bits per heavy atom. The first kappa shape index (κ1) is 23.0. The van der Waals surface area contributed by atoms with Gasteiger partial charge in [-0.1, -0.05) is 40.2 Å². The molecule has 0 aromatic heterocycles. The number of rotatable bonds is 8. The van der Waals surface area contributed by atoms with Gasteiger partial charge in [0.15, 0.2) is 0 Å². The Morgan fingerprint density at radius 2 is 1.78 bits per heavy atom. The number of amides is 1. The van der Waals surface area contributed by atoms with Crippen molar-refractivity contribution in [1.82, 2.24) is 5.32 Å². The minimum absolute atomic E-state index is 0.0526. The quantitative estimate of drug-likeness (QED) is 0.336. The van der Waals surface area contributed by atoms with Gasteiger partial charge in [-0.2, -0.15) is 5.26 Å². The van der Waals surface area contributed by atoms with Gasteiger partial charge in [0.05, 0.1) is 7.11 Å². The van der Waals surface area contributed by atoms with Crippen molar-refractivity contribution in [2.75, 3.05) is 7.11 Å². The number of hydrogen-bond donors (Lipinski definition) is 1. The van der Waals surface area contributed by atoms with Crippen molar-refractivity contribution in [1.29, 1.82) is 5.26 Å². The second-order valence-electron chi connectivity index (χ2n) is 6.80. The number of methoxy groups -OCH3 is 1. The number of nitrogens with one attached hydrogen (secondary N) is 1. The molecule has 0 bridgehead atoms. The molecule has 7 heteroatoms. The third kappa shape index (κ3) is 6.43. The van der Waals surface area contributed by atoms with E-state index in [1.807, 2.05) is 18.2 Å². The topological polar surface area (TPSA) is 71.3 Å². The molecule has 0 unspecified atom stereocenters. The Kier molecular flexibility index (Phi) is 8.01. The molecule has 0 aliphatic carbocycles. The lowest BCUT2D eigenvalue weighted by molar-refractivity contribution is -0.117. The average Bonchev–Trinajstić information content (AvgIpc) is 2.81. The van der Waals surface area contributed by atoms with Gasteiger partial charge in [-0.3, -0.25) is 4.79 Å². The molecule has 0 aliphatic heterocycles. The second-order valence-corrected chi connectivity index (χ2v) is 7.71. The fourth-order valence-corrected chi connectivity index (χ4v) is 3.21. The summed E-state index contributed by atoms with van der Waals surface area (Å²) in [4.78, 5) is 12.6. The van der Waals surface area contributed by atoms with Crippen molar-refractivity contribution in [2.24, 2.45) is 0 Å². The van der Waals surface area contributed by atoms with Crippen molar-refractivity contribution in [3.63, 3.8) is 0 Å². The van der Waals surface area contributed by atoms with Gasteiger partial charge in [-0.05, 0) is 59.7 Å². The van der Waals surface area contributed by atoms with E-state index >= 15 is 0 Å². The van der Waals surface area contributed by atoms with E-state index in [2.05, 4.69) is 21.2 Å². The van der Waals surface area contributed by atoms with Crippen LogP contribution in [-0.4, -0.2) is 13.0 Å². The average molecular weight is 495 g/mol. The van der Waals surface area contributed by atoms with Crippen LogP contribution in [0, 0.1) is 17.1 Å². The summed E-state index contributed by atoms with van der Waals surface area (Å²) >= 11 is 3.40. The monoisotopic (exact) mass is 494 g/mol. The number of ether oxygens (including phenoxy) is 2. The molecule has 3 aromatic carbocycles. The van der Waals surface area contributed by atoms with Gasteiger partial charge in [-0.25, -0.2) is 4.39 Å². The lowest BCUT2D eigenvalue weighted by atomic mass is 10.1. The van der Waals surface area contributed by atoms with Crippen LogP contribution in [0.15, 0.2) is 76.8 Å². The van der Waals surface area contributed by atoms with Gasteiger partial charge in [0.25, 0.3) is 5.91 Å². The van der Waals surface area contributed by atoms with Gasteiger partial charge in [-0.15, -0.1) is 0 Å². The molecule has 0 saturated carbocycles. The lowest BCUT2D eigenvalue weighted by Gasteiger charge is -2.11. The van der Waals surface area contributed by atoms with Crippen molar-refractivity contribution in [2.45, 2.75) is 13.2 Å². The van der Waals surface area contributed by atoms with E-state index in [0.29, 0.717) is 11.3 Å². The SMILES string of the molecule is COc1ccc(CNC(=O)/C(C#N)=C\c2cc(Br)ccc2OCc2ccc(F)cc2)cc1. The number of nitrogens with zero attached hydrogens (tertiary/aromatic N) is 1. The molecule has 0 aliphatic rings. The summed E-state index contributed by atoms with van der Waals surface area (Å²) in [6, 6.07) is 20.5. The zero-order valence-corrected chi connectivity index (χ0v) is 18.9. The van der Waals surface area contributed by atoms with Crippen LogP contribution in [0.3, 0.4) is 0 Å². The van der Waals surface area contributed by atoms with E-state index in [-0.39, 0.29) is 24.5 Å². The smallest absolute Gasteiger partial charge is 0.262 e. The number of nitriles is 1. The summed E-state index contributed by atoms with van der Waals surface area (Å²) in [6.45, 7) is 0.489. The molecule has 0 radical (unpaired) electrons. The number of halogens is 2. The molecule has 32 heavy (non-hydrogen) atoms. The zero-order chi connectivity index (χ0) is 22.9. The summed E-state index contributed by atoms with van der Waals surface area (Å²) in [5.41, 5.74) is 2.19. The van der Waals surface area contributed by atoms with Crippen LogP contribution in [0.1, 0.15) is 16.7 Å². The fourth-order valence-electron chi connectivity index (χ4n) is 2.83. The molecule has 0 spiro atoms. The van der Waals surface area contributed by atoms with E-state index in [4.69, 9.17) is 9.47 Å². The number of benzene rings is 3. The van der Waals surface area contributed by atoms with Crippen molar-refractivity contribution in [3.05, 3.63) is 99.3 Å². The van der Waals surface area contributed by atoms with Gasteiger partial charge >= 0.3 is 0 Å². The maximum Gasteiger partial charge on any atom is 0.262 e. The summed E-state index contributed by atoms with van der Waals surface area (Å²) < 4.78 is 24.8. The normalized spacial score (nSPS) is 10.9. The summed E-state index contributed by atoms with van der Waals surface area (Å²) in [5, 5.41) is 12.3. The molecule has 1 N–H and O–H groups in total. The van der Waals surface area contributed by atoms with Crippen LogP contribution in [0.2, 0.25) is 0 Å². The molecular formula is C25H20BrFN2O3. The molecule has 162 valence electrons. The highest BCUT2D eigenvalue weighted by atomic mass is 79.9. The Bertz CT molecular complexity index is 1150. The molecule has 1 amide bonds. The highest BCUT2D eigenvalue weighted by Crippen LogP contribution is 2.26. The Balaban J connectivity index is 1.73. The van der Waals surface area contributed by atoms with Crippen LogP contribution in [0.4, 0.5) is 4.39 Å². The highest BCUT2D eigenvalue weighted by molar-refractivity contribution is 9.10. The summed E-state index contributed by atoms with van der Waals surface area (Å²) in [6.07, 6.45) is 1.48. The van der Waals surface area contributed by atoms with E-state index in [9.17, 15) is 14.4 Å². The van der Waals surface area contributed by atoms with Gasteiger partial charge in [0.2, 0.25) is 0 Å². The van der Waals surface area contributed by atoms with E-state index in [1.54, 1.807) is 49.6 Å².